The monoisotopic (exact) mass is 781 g/mol. The highest BCUT2D eigenvalue weighted by Crippen LogP contribution is 2.22. The average Bonchev–Trinajstić information content (AvgIpc) is 3.17. The van der Waals surface area contributed by atoms with E-state index in [4.69, 9.17) is 14.2 Å². The van der Waals surface area contributed by atoms with Crippen LogP contribution in [-0.2, 0) is 23.8 Å². The van der Waals surface area contributed by atoms with Crippen molar-refractivity contribution in [2.24, 2.45) is 11.8 Å². The molecule has 7 heteroatoms. The van der Waals surface area contributed by atoms with Crippen LogP contribution in [0, 0.1) is 11.8 Å². The number of rotatable bonds is 44. The summed E-state index contributed by atoms with van der Waals surface area (Å²) >= 11 is 0. The summed E-state index contributed by atoms with van der Waals surface area (Å²) in [6.45, 7) is 13.5. The summed E-state index contributed by atoms with van der Waals surface area (Å²) < 4.78 is 17.6. The van der Waals surface area contributed by atoms with Crippen LogP contribution < -0.4 is 0 Å². The van der Waals surface area contributed by atoms with Crippen molar-refractivity contribution in [1.82, 2.24) is 9.80 Å². The molecule has 2 atom stereocenters. The Morgan fingerprint density at radius 3 is 1.07 bits per heavy atom. The molecule has 0 aliphatic heterocycles. The molecule has 0 spiro atoms. The molecule has 0 aromatic carbocycles. The third kappa shape index (κ3) is 36.9. The Kier molecular flexibility index (Phi) is 41.5. The largest absolute Gasteiger partial charge is 0.465 e. The molecule has 328 valence electrons. The maximum atomic E-state index is 13.0. The lowest BCUT2D eigenvalue weighted by Gasteiger charge is -2.23. The van der Waals surface area contributed by atoms with Gasteiger partial charge in [-0.25, -0.2) is 0 Å². The zero-order valence-corrected chi connectivity index (χ0v) is 38.0. The van der Waals surface area contributed by atoms with Crippen molar-refractivity contribution in [3.05, 3.63) is 0 Å². The number of carbonyl (C=O) groups excluding carboxylic acids is 2. The molecule has 0 saturated carbocycles. The summed E-state index contributed by atoms with van der Waals surface area (Å²) in [5, 5.41) is 0. The topological polar surface area (TPSA) is 68.3 Å². The standard InChI is InChI=1S/C48H96N2O5/c1-7-11-15-19-21-29-37-45(35-27-17-13-9-3)47(51)54-41-33-25-23-31-39-50(44-53-43-49(5)6)40-32-24-26-34-42-55-48(52)46(36-28-18-14-10-4)38-30-22-20-16-12-8-2/h45-46H,7-44H2,1-6H3. The minimum atomic E-state index is 0.0536. The Bertz CT molecular complexity index is 751. The summed E-state index contributed by atoms with van der Waals surface area (Å²) in [5.74, 6) is 0.285. The van der Waals surface area contributed by atoms with Gasteiger partial charge in [-0.2, -0.15) is 0 Å². The predicted molar refractivity (Wildman–Crippen MR) is 235 cm³/mol. The van der Waals surface area contributed by atoms with Crippen LogP contribution in [0.1, 0.15) is 233 Å². The van der Waals surface area contributed by atoms with E-state index in [0.29, 0.717) is 26.7 Å². The van der Waals surface area contributed by atoms with Gasteiger partial charge in [-0.15, -0.1) is 0 Å². The summed E-state index contributed by atoms with van der Waals surface area (Å²) in [7, 11) is 4.08. The van der Waals surface area contributed by atoms with E-state index in [9.17, 15) is 9.59 Å². The van der Waals surface area contributed by atoms with Gasteiger partial charge in [0.05, 0.1) is 25.0 Å². The van der Waals surface area contributed by atoms with Crippen molar-refractivity contribution in [3.8, 4) is 0 Å². The SMILES string of the molecule is CCCCCCCCC(CCCCCC)C(=O)OCCCCCCN(CCCCCCOC(=O)C(CCCCCC)CCCCCCCC)COCN(C)C. The molecule has 0 saturated heterocycles. The van der Waals surface area contributed by atoms with Gasteiger partial charge in [0.2, 0.25) is 0 Å². The molecule has 0 radical (unpaired) electrons. The Balaban J connectivity index is 4.44. The van der Waals surface area contributed by atoms with Crippen molar-refractivity contribution in [3.63, 3.8) is 0 Å². The first-order valence-corrected chi connectivity index (χ1v) is 24.2. The molecule has 0 amide bonds. The van der Waals surface area contributed by atoms with Gasteiger partial charge in [-0.1, -0.05) is 182 Å². The molecule has 0 aromatic rings. The number of hydrogen-bond donors (Lipinski definition) is 0. The average molecular weight is 781 g/mol. The number of nitrogens with zero attached hydrogens (tertiary/aromatic N) is 2. The molecule has 0 aliphatic carbocycles. The fraction of sp³-hybridized carbons (Fsp3) is 0.958. The molecule has 7 nitrogen and oxygen atoms in total. The first-order valence-electron chi connectivity index (χ1n) is 24.2. The zero-order valence-electron chi connectivity index (χ0n) is 38.0. The van der Waals surface area contributed by atoms with Crippen LogP contribution in [0.4, 0.5) is 0 Å². The molecule has 55 heavy (non-hydrogen) atoms. The molecular weight excluding hydrogens is 685 g/mol. The second-order valence-corrected chi connectivity index (χ2v) is 17.0. The number of carbonyl (C=O) groups is 2. The second-order valence-electron chi connectivity index (χ2n) is 17.0. The quantitative estimate of drug-likeness (QED) is 0.0346. The van der Waals surface area contributed by atoms with Crippen molar-refractivity contribution in [2.75, 3.05) is 53.9 Å². The van der Waals surface area contributed by atoms with Gasteiger partial charge in [0.15, 0.2) is 0 Å². The number of esters is 2. The zero-order chi connectivity index (χ0) is 40.5. The van der Waals surface area contributed by atoms with E-state index in [-0.39, 0.29) is 23.8 Å². The molecule has 0 rings (SSSR count). The summed E-state index contributed by atoms with van der Waals surface area (Å²) in [4.78, 5) is 30.5. The lowest BCUT2D eigenvalue weighted by atomic mass is 9.94. The Morgan fingerprint density at radius 1 is 0.400 bits per heavy atom. The number of hydrogen-bond acceptors (Lipinski definition) is 7. The van der Waals surface area contributed by atoms with Crippen LogP contribution in [0.25, 0.3) is 0 Å². The Morgan fingerprint density at radius 2 is 0.709 bits per heavy atom. The normalized spacial score (nSPS) is 12.8. The van der Waals surface area contributed by atoms with Crippen molar-refractivity contribution in [1.29, 1.82) is 0 Å². The van der Waals surface area contributed by atoms with Crippen LogP contribution in [0.2, 0.25) is 0 Å². The number of ether oxygens (including phenoxy) is 3. The lowest BCUT2D eigenvalue weighted by Crippen LogP contribution is -2.31. The van der Waals surface area contributed by atoms with Gasteiger partial charge in [0, 0.05) is 13.1 Å². The van der Waals surface area contributed by atoms with E-state index >= 15 is 0 Å². The van der Waals surface area contributed by atoms with Crippen molar-refractivity contribution < 1.29 is 23.8 Å². The van der Waals surface area contributed by atoms with Crippen LogP contribution in [0.5, 0.6) is 0 Å². The van der Waals surface area contributed by atoms with E-state index in [2.05, 4.69) is 37.5 Å². The highest BCUT2D eigenvalue weighted by molar-refractivity contribution is 5.72. The predicted octanol–water partition coefficient (Wildman–Crippen LogP) is 13.7. The maximum Gasteiger partial charge on any atom is 0.308 e. The highest BCUT2D eigenvalue weighted by atomic mass is 16.5. The van der Waals surface area contributed by atoms with E-state index in [1.165, 1.54) is 103 Å². The molecule has 0 N–H and O–H groups in total. The second kappa shape index (κ2) is 42.4. The molecule has 2 unspecified atom stereocenters. The van der Waals surface area contributed by atoms with Crippen LogP contribution in [0.15, 0.2) is 0 Å². The summed E-state index contributed by atoms with van der Waals surface area (Å²) in [6.07, 6.45) is 37.5. The first kappa shape index (κ1) is 53.8. The van der Waals surface area contributed by atoms with E-state index < -0.39 is 0 Å². The van der Waals surface area contributed by atoms with Gasteiger partial charge < -0.3 is 14.2 Å². The van der Waals surface area contributed by atoms with Crippen LogP contribution in [-0.4, -0.2) is 75.6 Å². The third-order valence-corrected chi connectivity index (χ3v) is 11.1. The fourth-order valence-corrected chi connectivity index (χ4v) is 7.49. The fourth-order valence-electron chi connectivity index (χ4n) is 7.49. The molecular formula is C48H96N2O5. The van der Waals surface area contributed by atoms with E-state index in [1.807, 2.05) is 14.1 Å². The molecule has 0 heterocycles. The molecule has 0 fully saturated rings. The van der Waals surface area contributed by atoms with Crippen LogP contribution in [0.3, 0.4) is 0 Å². The van der Waals surface area contributed by atoms with Crippen LogP contribution >= 0.6 is 0 Å². The Hall–Kier alpha value is -1.18. The van der Waals surface area contributed by atoms with Gasteiger partial charge in [0.1, 0.15) is 13.5 Å². The smallest absolute Gasteiger partial charge is 0.308 e. The molecule has 0 bridgehead atoms. The molecule has 0 aromatic heterocycles. The van der Waals surface area contributed by atoms with Crippen molar-refractivity contribution >= 4 is 11.9 Å². The lowest BCUT2D eigenvalue weighted by molar-refractivity contribution is -0.150. The maximum absolute atomic E-state index is 13.0. The van der Waals surface area contributed by atoms with Gasteiger partial charge in [-0.05, 0) is 65.5 Å². The summed E-state index contributed by atoms with van der Waals surface area (Å²) in [6, 6.07) is 0. The van der Waals surface area contributed by atoms with E-state index in [0.717, 1.165) is 116 Å². The first-order chi connectivity index (χ1) is 26.9. The minimum absolute atomic E-state index is 0.0536. The van der Waals surface area contributed by atoms with Gasteiger partial charge >= 0.3 is 11.9 Å². The highest BCUT2D eigenvalue weighted by Gasteiger charge is 2.20. The van der Waals surface area contributed by atoms with E-state index in [1.54, 1.807) is 0 Å². The third-order valence-electron chi connectivity index (χ3n) is 11.1. The van der Waals surface area contributed by atoms with Gasteiger partial charge in [-0.3, -0.25) is 19.4 Å². The minimum Gasteiger partial charge on any atom is -0.465 e. The number of unbranched alkanes of at least 4 members (excludes halogenated alkanes) is 22. The summed E-state index contributed by atoms with van der Waals surface area (Å²) in [5.41, 5.74) is 0. The molecule has 0 aliphatic rings. The van der Waals surface area contributed by atoms with Gasteiger partial charge in [0.25, 0.3) is 0 Å². The van der Waals surface area contributed by atoms with Crippen molar-refractivity contribution in [2.45, 2.75) is 233 Å². The Labute approximate surface area is 343 Å².